The Labute approximate surface area is 192 Å². The quantitative estimate of drug-likeness (QED) is 0.513. The fourth-order valence-corrected chi connectivity index (χ4v) is 3.81. The Morgan fingerprint density at radius 2 is 1.74 bits per heavy atom. The van der Waals surface area contributed by atoms with E-state index < -0.39 is 0 Å². The van der Waals surface area contributed by atoms with Gasteiger partial charge in [-0.05, 0) is 50.8 Å². The van der Waals surface area contributed by atoms with Gasteiger partial charge in [-0.15, -0.1) is 0 Å². The van der Waals surface area contributed by atoms with Gasteiger partial charge >= 0.3 is 0 Å². The van der Waals surface area contributed by atoms with Crippen LogP contribution in [0.5, 0.6) is 0 Å². The fourth-order valence-electron chi connectivity index (χ4n) is 3.49. The average Bonchev–Trinajstić information content (AvgIpc) is 2.73. The zero-order valence-electron chi connectivity index (χ0n) is 17.9. The number of benzene rings is 2. The summed E-state index contributed by atoms with van der Waals surface area (Å²) < 4.78 is 1.29. The number of aromatic nitrogens is 2. The summed E-state index contributed by atoms with van der Waals surface area (Å²) in [6, 6.07) is 12.7. The monoisotopic (exact) mass is 460 g/mol. The Hall–Kier alpha value is -2.41. The van der Waals surface area contributed by atoms with E-state index in [9.17, 15) is 9.59 Å². The molecule has 1 amide bonds. The van der Waals surface area contributed by atoms with Gasteiger partial charge in [-0.3, -0.25) is 9.59 Å². The van der Waals surface area contributed by atoms with Crippen molar-refractivity contribution in [2.45, 2.75) is 19.4 Å². The number of halogens is 2. The fraction of sp³-hybridized carbons (Fsp3) is 0.348. The van der Waals surface area contributed by atoms with Gasteiger partial charge in [0.1, 0.15) is 0 Å². The van der Waals surface area contributed by atoms with Crippen LogP contribution in [0.25, 0.3) is 10.8 Å². The molecule has 0 unspecified atom stereocenters. The maximum Gasteiger partial charge on any atom is 0.274 e. The predicted molar refractivity (Wildman–Crippen MR) is 126 cm³/mol. The highest BCUT2D eigenvalue weighted by atomic mass is 35.5. The molecule has 0 bridgehead atoms. The Morgan fingerprint density at radius 3 is 2.42 bits per heavy atom. The SMILES string of the molecule is CN(C)CCCN(Cc1ccc(Cl)c(Cl)c1)C(=O)Cc1nn(C)c(=O)c2ccccc12. The molecule has 0 atom stereocenters. The van der Waals surface area contributed by atoms with Gasteiger partial charge in [0.2, 0.25) is 5.91 Å². The zero-order valence-corrected chi connectivity index (χ0v) is 19.5. The van der Waals surface area contributed by atoms with E-state index in [0.717, 1.165) is 18.5 Å². The molecule has 3 rings (SSSR count). The molecule has 0 fully saturated rings. The number of aryl methyl sites for hydroxylation is 1. The standard InChI is InChI=1S/C23H26Cl2N4O2/c1-27(2)11-6-12-29(15-16-9-10-19(24)20(25)13-16)22(30)14-21-17-7-4-5-8-18(17)23(31)28(3)26-21/h4-5,7-10,13H,6,11-12,14-15H2,1-3H3. The van der Waals surface area contributed by atoms with Crippen LogP contribution in [0.4, 0.5) is 0 Å². The van der Waals surface area contributed by atoms with Crippen molar-refractivity contribution in [3.05, 3.63) is 74.1 Å². The van der Waals surface area contributed by atoms with E-state index >= 15 is 0 Å². The Balaban J connectivity index is 1.87. The number of fused-ring (bicyclic) bond motifs is 1. The Morgan fingerprint density at radius 1 is 1.03 bits per heavy atom. The molecule has 2 aromatic carbocycles. The van der Waals surface area contributed by atoms with E-state index in [-0.39, 0.29) is 17.9 Å². The van der Waals surface area contributed by atoms with Gasteiger partial charge in [0.25, 0.3) is 5.56 Å². The highest BCUT2D eigenvalue weighted by molar-refractivity contribution is 6.42. The van der Waals surface area contributed by atoms with Crippen molar-refractivity contribution in [2.24, 2.45) is 7.05 Å². The van der Waals surface area contributed by atoms with Crippen LogP contribution < -0.4 is 5.56 Å². The van der Waals surface area contributed by atoms with Gasteiger partial charge < -0.3 is 9.80 Å². The molecule has 0 radical (unpaired) electrons. The number of rotatable bonds is 8. The predicted octanol–water partition coefficient (Wildman–Crippen LogP) is 3.76. The molecule has 0 spiro atoms. The first-order chi connectivity index (χ1) is 14.8. The van der Waals surface area contributed by atoms with Crippen LogP contribution in [-0.2, 0) is 24.8 Å². The summed E-state index contributed by atoms with van der Waals surface area (Å²) in [5.41, 5.74) is 1.32. The maximum absolute atomic E-state index is 13.3. The van der Waals surface area contributed by atoms with Crippen LogP contribution in [0.3, 0.4) is 0 Å². The van der Waals surface area contributed by atoms with Crippen molar-refractivity contribution in [3.8, 4) is 0 Å². The highest BCUT2D eigenvalue weighted by Crippen LogP contribution is 2.23. The summed E-state index contributed by atoms with van der Waals surface area (Å²) >= 11 is 12.2. The van der Waals surface area contributed by atoms with E-state index in [4.69, 9.17) is 23.2 Å². The van der Waals surface area contributed by atoms with Crippen molar-refractivity contribution in [2.75, 3.05) is 27.2 Å². The first-order valence-corrected chi connectivity index (χ1v) is 10.8. The second-order valence-electron chi connectivity index (χ2n) is 7.82. The second kappa shape index (κ2) is 10.3. The van der Waals surface area contributed by atoms with E-state index in [1.165, 1.54) is 4.68 Å². The number of carbonyl (C=O) groups is 1. The lowest BCUT2D eigenvalue weighted by molar-refractivity contribution is -0.131. The van der Waals surface area contributed by atoms with Crippen molar-refractivity contribution < 1.29 is 4.79 Å². The van der Waals surface area contributed by atoms with Gasteiger partial charge in [-0.25, -0.2) is 4.68 Å². The normalized spacial score (nSPS) is 11.3. The van der Waals surface area contributed by atoms with E-state index in [1.807, 2.05) is 43.3 Å². The van der Waals surface area contributed by atoms with Crippen LogP contribution in [0.2, 0.25) is 10.0 Å². The van der Waals surface area contributed by atoms with Crippen molar-refractivity contribution in [1.29, 1.82) is 0 Å². The van der Waals surface area contributed by atoms with Gasteiger partial charge in [0.15, 0.2) is 0 Å². The van der Waals surface area contributed by atoms with Gasteiger partial charge in [0, 0.05) is 25.5 Å². The Bertz CT molecular complexity index is 1140. The number of amides is 1. The number of hydrogen-bond donors (Lipinski definition) is 0. The number of carbonyl (C=O) groups excluding carboxylic acids is 1. The first kappa shape index (κ1) is 23.3. The summed E-state index contributed by atoms with van der Waals surface area (Å²) in [5, 5.41) is 6.59. The summed E-state index contributed by atoms with van der Waals surface area (Å²) in [6.45, 7) is 1.89. The summed E-state index contributed by atoms with van der Waals surface area (Å²) in [5.74, 6) is -0.0545. The molecule has 6 nitrogen and oxygen atoms in total. The van der Waals surface area contributed by atoms with Crippen LogP contribution in [0.1, 0.15) is 17.7 Å². The Kier molecular flexibility index (Phi) is 7.70. The molecule has 31 heavy (non-hydrogen) atoms. The minimum atomic E-state index is -0.176. The van der Waals surface area contributed by atoms with E-state index in [1.54, 1.807) is 25.2 Å². The molecule has 1 aromatic heterocycles. The molecular weight excluding hydrogens is 435 g/mol. The molecule has 0 saturated carbocycles. The molecule has 1 heterocycles. The molecule has 0 aliphatic carbocycles. The minimum Gasteiger partial charge on any atom is -0.338 e. The van der Waals surface area contributed by atoms with Crippen LogP contribution in [-0.4, -0.2) is 52.7 Å². The molecule has 3 aromatic rings. The molecular formula is C23H26Cl2N4O2. The lowest BCUT2D eigenvalue weighted by Gasteiger charge is -2.24. The van der Waals surface area contributed by atoms with Crippen molar-refractivity contribution in [1.82, 2.24) is 19.6 Å². The third kappa shape index (κ3) is 5.85. The minimum absolute atomic E-state index is 0.0545. The topological polar surface area (TPSA) is 58.4 Å². The van der Waals surface area contributed by atoms with Gasteiger partial charge in [-0.1, -0.05) is 47.5 Å². The molecule has 0 aliphatic heterocycles. The third-order valence-electron chi connectivity index (χ3n) is 5.10. The maximum atomic E-state index is 13.3. The first-order valence-electron chi connectivity index (χ1n) is 10.1. The highest BCUT2D eigenvalue weighted by Gasteiger charge is 2.18. The molecule has 0 saturated heterocycles. The van der Waals surface area contributed by atoms with Gasteiger partial charge in [-0.2, -0.15) is 5.10 Å². The van der Waals surface area contributed by atoms with Crippen molar-refractivity contribution in [3.63, 3.8) is 0 Å². The number of hydrogen-bond acceptors (Lipinski definition) is 4. The summed E-state index contributed by atoms with van der Waals surface area (Å²) in [6.07, 6.45) is 0.944. The van der Waals surface area contributed by atoms with E-state index in [2.05, 4.69) is 10.00 Å². The second-order valence-corrected chi connectivity index (χ2v) is 8.63. The summed E-state index contributed by atoms with van der Waals surface area (Å²) in [7, 11) is 5.62. The molecule has 8 heteroatoms. The smallest absolute Gasteiger partial charge is 0.274 e. The molecule has 164 valence electrons. The third-order valence-corrected chi connectivity index (χ3v) is 5.83. The van der Waals surface area contributed by atoms with Crippen LogP contribution >= 0.6 is 23.2 Å². The van der Waals surface area contributed by atoms with Crippen molar-refractivity contribution >= 4 is 39.9 Å². The average molecular weight is 461 g/mol. The van der Waals surface area contributed by atoms with Gasteiger partial charge in [0.05, 0.1) is 27.5 Å². The van der Waals surface area contributed by atoms with E-state index in [0.29, 0.717) is 39.6 Å². The summed E-state index contributed by atoms with van der Waals surface area (Å²) in [4.78, 5) is 29.6. The van der Waals surface area contributed by atoms with Crippen LogP contribution in [0, 0.1) is 0 Å². The zero-order chi connectivity index (χ0) is 22.5. The molecule has 0 N–H and O–H groups in total. The lowest BCUT2D eigenvalue weighted by Crippen LogP contribution is -2.35. The van der Waals surface area contributed by atoms with Crippen LogP contribution in [0.15, 0.2) is 47.3 Å². The molecule has 0 aliphatic rings. The largest absolute Gasteiger partial charge is 0.338 e. The lowest BCUT2D eigenvalue weighted by atomic mass is 10.1. The number of nitrogens with zero attached hydrogens (tertiary/aromatic N) is 4.